The minimum Gasteiger partial charge on any atom is -0.494 e. The Hall–Kier alpha value is -2.56. The summed E-state index contributed by atoms with van der Waals surface area (Å²) < 4.78 is 5.55. The van der Waals surface area contributed by atoms with Gasteiger partial charge in [-0.05, 0) is 25.1 Å². The van der Waals surface area contributed by atoms with Gasteiger partial charge in [-0.25, -0.2) is 0 Å². The van der Waals surface area contributed by atoms with Crippen LogP contribution in [-0.4, -0.2) is 11.5 Å². The third-order valence-electron chi connectivity index (χ3n) is 2.83. The molecule has 2 aromatic rings. The van der Waals surface area contributed by atoms with Gasteiger partial charge in [-0.3, -0.25) is 10.1 Å². The highest BCUT2D eigenvalue weighted by atomic mass is 16.6. The van der Waals surface area contributed by atoms with Crippen LogP contribution >= 0.6 is 0 Å². The molecule has 104 valence electrons. The molecule has 1 N–H and O–H groups in total. The molecule has 0 spiro atoms. The fourth-order valence-electron chi connectivity index (χ4n) is 1.84. The lowest BCUT2D eigenvalue weighted by Crippen LogP contribution is -2.03. The highest BCUT2D eigenvalue weighted by Gasteiger charge is 2.05. The largest absolute Gasteiger partial charge is 0.494 e. The molecule has 0 heterocycles. The minimum atomic E-state index is -0.409. The number of hydrogen-bond acceptors (Lipinski definition) is 4. The van der Waals surface area contributed by atoms with Crippen LogP contribution in [0.5, 0.6) is 5.75 Å². The van der Waals surface area contributed by atoms with Crippen LogP contribution in [0.3, 0.4) is 0 Å². The lowest BCUT2D eigenvalue weighted by Gasteiger charge is -2.11. The summed E-state index contributed by atoms with van der Waals surface area (Å²) in [5, 5.41) is 13.8. The number of hydrogen-bond donors (Lipinski definition) is 1. The lowest BCUT2D eigenvalue weighted by molar-refractivity contribution is -0.384. The number of nitro benzene ring substituents is 1. The van der Waals surface area contributed by atoms with Crippen LogP contribution < -0.4 is 10.1 Å². The maximum Gasteiger partial charge on any atom is 0.269 e. The third-order valence-corrected chi connectivity index (χ3v) is 2.83. The van der Waals surface area contributed by atoms with Crippen LogP contribution in [0.4, 0.5) is 11.4 Å². The topological polar surface area (TPSA) is 64.4 Å². The molecule has 0 atom stereocenters. The predicted molar refractivity (Wildman–Crippen MR) is 78.0 cm³/mol. The summed E-state index contributed by atoms with van der Waals surface area (Å²) in [6.07, 6.45) is 0. The van der Waals surface area contributed by atoms with Gasteiger partial charge in [0.1, 0.15) is 5.75 Å². The molecule has 0 unspecified atom stereocenters. The van der Waals surface area contributed by atoms with E-state index in [9.17, 15) is 10.1 Å². The Balaban J connectivity index is 2.03. The van der Waals surface area contributed by atoms with Gasteiger partial charge in [0.2, 0.25) is 0 Å². The SMILES string of the molecule is CCOc1ccccc1CNc1ccc([N+](=O)[O-])cc1. The molecule has 5 nitrogen and oxygen atoms in total. The Morgan fingerprint density at radius 2 is 1.85 bits per heavy atom. The van der Waals surface area contributed by atoms with Crippen molar-refractivity contribution in [1.82, 2.24) is 0 Å². The molecule has 0 saturated heterocycles. The lowest BCUT2D eigenvalue weighted by atomic mass is 10.2. The van der Waals surface area contributed by atoms with Crippen molar-refractivity contribution >= 4 is 11.4 Å². The number of para-hydroxylation sites is 1. The average Bonchev–Trinajstić information content (AvgIpc) is 2.47. The van der Waals surface area contributed by atoms with Crippen LogP contribution in [0.1, 0.15) is 12.5 Å². The van der Waals surface area contributed by atoms with Crippen LogP contribution in [0.2, 0.25) is 0 Å². The summed E-state index contributed by atoms with van der Waals surface area (Å²) in [5.41, 5.74) is 1.97. The summed E-state index contributed by atoms with van der Waals surface area (Å²) >= 11 is 0. The molecule has 0 aliphatic rings. The van der Waals surface area contributed by atoms with Crippen molar-refractivity contribution in [2.45, 2.75) is 13.5 Å². The van der Waals surface area contributed by atoms with E-state index in [0.717, 1.165) is 17.0 Å². The van der Waals surface area contributed by atoms with Crippen molar-refractivity contribution in [3.8, 4) is 5.75 Å². The molecule has 0 aromatic heterocycles. The number of ether oxygens (including phenoxy) is 1. The zero-order valence-corrected chi connectivity index (χ0v) is 11.2. The molecule has 0 fully saturated rings. The normalized spacial score (nSPS) is 10.1. The summed E-state index contributed by atoms with van der Waals surface area (Å²) in [6, 6.07) is 14.2. The van der Waals surface area contributed by atoms with E-state index in [1.54, 1.807) is 12.1 Å². The van der Waals surface area contributed by atoms with Gasteiger partial charge in [0.15, 0.2) is 0 Å². The Kier molecular flexibility index (Phi) is 4.55. The van der Waals surface area contributed by atoms with E-state index >= 15 is 0 Å². The van der Waals surface area contributed by atoms with Gasteiger partial charge in [-0.15, -0.1) is 0 Å². The van der Waals surface area contributed by atoms with Gasteiger partial charge >= 0.3 is 0 Å². The Bertz CT molecular complexity index is 582. The molecule has 5 heteroatoms. The smallest absolute Gasteiger partial charge is 0.269 e. The molecular formula is C15H16N2O3. The number of nitro groups is 1. The first-order chi connectivity index (χ1) is 9.70. The van der Waals surface area contributed by atoms with E-state index in [2.05, 4.69) is 5.32 Å². The Morgan fingerprint density at radius 1 is 1.15 bits per heavy atom. The van der Waals surface area contributed by atoms with E-state index in [1.165, 1.54) is 12.1 Å². The van der Waals surface area contributed by atoms with E-state index in [1.807, 2.05) is 31.2 Å². The van der Waals surface area contributed by atoms with Crippen LogP contribution in [0.15, 0.2) is 48.5 Å². The first kappa shape index (κ1) is 13.9. The first-order valence-corrected chi connectivity index (χ1v) is 6.39. The van der Waals surface area contributed by atoms with Gasteiger partial charge in [-0.2, -0.15) is 0 Å². The van der Waals surface area contributed by atoms with Crippen molar-refractivity contribution < 1.29 is 9.66 Å². The second-order valence-electron chi connectivity index (χ2n) is 4.20. The molecule has 0 bridgehead atoms. The molecule has 20 heavy (non-hydrogen) atoms. The maximum absolute atomic E-state index is 10.6. The maximum atomic E-state index is 10.6. The highest BCUT2D eigenvalue weighted by molar-refractivity contribution is 5.49. The number of rotatable bonds is 6. The number of benzene rings is 2. The zero-order valence-electron chi connectivity index (χ0n) is 11.2. The van der Waals surface area contributed by atoms with Crippen molar-refractivity contribution in [3.63, 3.8) is 0 Å². The number of nitrogens with one attached hydrogen (secondary N) is 1. The van der Waals surface area contributed by atoms with Crippen molar-refractivity contribution in [3.05, 3.63) is 64.2 Å². The molecule has 0 radical (unpaired) electrons. The number of nitrogens with zero attached hydrogens (tertiary/aromatic N) is 1. The van der Waals surface area contributed by atoms with Crippen molar-refractivity contribution in [2.24, 2.45) is 0 Å². The molecule has 2 rings (SSSR count). The quantitative estimate of drug-likeness (QED) is 0.644. The van der Waals surface area contributed by atoms with Gasteiger partial charge in [0.25, 0.3) is 5.69 Å². The molecule has 2 aromatic carbocycles. The highest BCUT2D eigenvalue weighted by Crippen LogP contribution is 2.20. The minimum absolute atomic E-state index is 0.0882. The number of non-ortho nitro benzene ring substituents is 1. The summed E-state index contributed by atoms with van der Waals surface area (Å²) in [7, 11) is 0. The van der Waals surface area contributed by atoms with Crippen LogP contribution in [0, 0.1) is 10.1 Å². The second kappa shape index (κ2) is 6.56. The monoisotopic (exact) mass is 272 g/mol. The van der Waals surface area contributed by atoms with Crippen molar-refractivity contribution in [2.75, 3.05) is 11.9 Å². The van der Waals surface area contributed by atoms with E-state index in [4.69, 9.17) is 4.74 Å². The first-order valence-electron chi connectivity index (χ1n) is 6.39. The van der Waals surface area contributed by atoms with Gasteiger partial charge < -0.3 is 10.1 Å². The summed E-state index contributed by atoms with van der Waals surface area (Å²) in [5.74, 6) is 0.851. The van der Waals surface area contributed by atoms with Crippen LogP contribution in [0.25, 0.3) is 0 Å². The molecule has 0 aliphatic heterocycles. The Labute approximate surface area is 117 Å². The van der Waals surface area contributed by atoms with E-state index in [0.29, 0.717) is 13.2 Å². The second-order valence-corrected chi connectivity index (χ2v) is 4.20. The molecular weight excluding hydrogens is 256 g/mol. The van der Waals surface area contributed by atoms with E-state index < -0.39 is 4.92 Å². The molecule has 0 amide bonds. The van der Waals surface area contributed by atoms with Gasteiger partial charge in [0, 0.05) is 29.9 Å². The average molecular weight is 272 g/mol. The zero-order chi connectivity index (χ0) is 14.4. The fraction of sp³-hybridized carbons (Fsp3) is 0.200. The van der Waals surface area contributed by atoms with Crippen LogP contribution in [-0.2, 0) is 6.54 Å². The summed E-state index contributed by atoms with van der Waals surface area (Å²) in [4.78, 5) is 10.2. The molecule has 0 saturated carbocycles. The van der Waals surface area contributed by atoms with Gasteiger partial charge in [-0.1, -0.05) is 18.2 Å². The summed E-state index contributed by atoms with van der Waals surface area (Å²) in [6.45, 7) is 3.17. The fourth-order valence-corrected chi connectivity index (χ4v) is 1.84. The van der Waals surface area contributed by atoms with E-state index in [-0.39, 0.29) is 5.69 Å². The standard InChI is InChI=1S/C15H16N2O3/c1-2-20-15-6-4-3-5-12(15)11-16-13-7-9-14(10-8-13)17(18)19/h3-10,16H,2,11H2,1H3. The molecule has 0 aliphatic carbocycles. The Morgan fingerprint density at radius 3 is 2.50 bits per heavy atom. The van der Waals surface area contributed by atoms with Crippen molar-refractivity contribution in [1.29, 1.82) is 0 Å². The third kappa shape index (κ3) is 3.47. The predicted octanol–water partition coefficient (Wildman–Crippen LogP) is 3.61. The van der Waals surface area contributed by atoms with Gasteiger partial charge in [0.05, 0.1) is 11.5 Å². The number of anilines is 1.